The minimum atomic E-state index is -2.57. The number of hydrogen-bond donors (Lipinski definition) is 5. The summed E-state index contributed by atoms with van der Waals surface area (Å²) in [6, 6.07) is 21.7. The van der Waals surface area contributed by atoms with Crippen LogP contribution in [0.1, 0.15) is 41.5 Å². The third kappa shape index (κ3) is 4.30. The minimum Gasteiger partial charge on any atom is -0.508 e. The lowest BCUT2D eigenvalue weighted by atomic mass is 9.59. The number of fused-ring (bicyclic) bond motifs is 3. The van der Waals surface area contributed by atoms with Crippen molar-refractivity contribution in [3.05, 3.63) is 106 Å². The Morgan fingerprint density at radius 2 is 1.55 bits per heavy atom. The molecule has 0 unspecified atom stereocenters. The second-order valence-electron chi connectivity index (χ2n) is 11.4. The van der Waals surface area contributed by atoms with Crippen LogP contribution in [0.3, 0.4) is 0 Å². The highest BCUT2D eigenvalue weighted by atomic mass is 16.3. The van der Waals surface area contributed by atoms with Gasteiger partial charge >= 0.3 is 0 Å². The third-order valence-electron chi connectivity index (χ3n) is 8.99. The maximum absolute atomic E-state index is 13.7. The molecule has 0 heterocycles. The van der Waals surface area contributed by atoms with Gasteiger partial charge in [-0.3, -0.25) is 14.4 Å². The molecule has 0 aliphatic heterocycles. The molecule has 0 saturated heterocycles. The van der Waals surface area contributed by atoms with Crippen LogP contribution in [0.15, 0.2) is 83.6 Å². The number of aliphatic hydroxyl groups is 3. The molecule has 0 aromatic heterocycles. The second kappa shape index (κ2) is 10.3. The molecule has 3 aliphatic rings. The normalized spacial score (nSPS) is 23.4. The Hall–Kier alpha value is -4.69. The average molecular weight is 566 g/mol. The number of primary amides is 1. The lowest BCUT2D eigenvalue weighted by Crippen LogP contribution is -2.58. The highest BCUT2D eigenvalue weighted by molar-refractivity contribution is 6.22. The van der Waals surface area contributed by atoms with E-state index in [0.29, 0.717) is 5.56 Å². The third-order valence-corrected chi connectivity index (χ3v) is 8.99. The number of carbonyl (C=O) groups is 3. The minimum absolute atomic E-state index is 0.0894. The number of benzene rings is 3. The summed E-state index contributed by atoms with van der Waals surface area (Å²) in [6.07, 6.45) is 2.93. The average Bonchev–Trinajstić information content (AvgIpc) is 2.96. The van der Waals surface area contributed by atoms with Crippen LogP contribution in [0.2, 0.25) is 0 Å². The van der Waals surface area contributed by atoms with Crippen LogP contribution >= 0.6 is 0 Å². The fourth-order valence-electron chi connectivity index (χ4n) is 6.88. The molecule has 8 heteroatoms. The number of ketones is 2. The number of aromatic hydroxyl groups is 1. The smallest absolute Gasteiger partial charge is 0.255 e. The SMILES string of the molecule is NC(=O)C1=C(O)[C@@]2(O)C(=O)C3=C(O)c4c(O)ccc(-c5ccc(CCCc6ccccc6)cc5)c4C[C@H]3C[C@H]2CC1=O. The molecule has 6 N–H and O–H groups in total. The van der Waals surface area contributed by atoms with Crippen molar-refractivity contribution in [2.45, 2.75) is 44.1 Å². The summed E-state index contributed by atoms with van der Waals surface area (Å²) in [6.45, 7) is 0. The van der Waals surface area contributed by atoms with Gasteiger partial charge in [-0.25, -0.2) is 0 Å². The Labute approximate surface area is 242 Å². The van der Waals surface area contributed by atoms with E-state index in [1.807, 2.05) is 30.3 Å². The fourth-order valence-corrected chi connectivity index (χ4v) is 6.88. The molecule has 3 aromatic carbocycles. The highest BCUT2D eigenvalue weighted by Gasteiger charge is 2.60. The van der Waals surface area contributed by atoms with Crippen molar-refractivity contribution >= 4 is 23.2 Å². The zero-order valence-corrected chi connectivity index (χ0v) is 22.8. The van der Waals surface area contributed by atoms with Gasteiger partial charge in [-0.15, -0.1) is 0 Å². The largest absolute Gasteiger partial charge is 0.508 e. The Morgan fingerprint density at radius 1 is 0.881 bits per heavy atom. The Kier molecular flexibility index (Phi) is 6.74. The van der Waals surface area contributed by atoms with Crippen LogP contribution in [0.5, 0.6) is 5.75 Å². The molecule has 3 aliphatic carbocycles. The van der Waals surface area contributed by atoms with Gasteiger partial charge in [0, 0.05) is 17.9 Å². The van der Waals surface area contributed by atoms with Crippen molar-refractivity contribution in [3.63, 3.8) is 0 Å². The van der Waals surface area contributed by atoms with Gasteiger partial charge in [0.15, 0.2) is 11.4 Å². The lowest BCUT2D eigenvalue weighted by Gasteiger charge is -2.46. The van der Waals surface area contributed by atoms with E-state index in [1.165, 1.54) is 17.2 Å². The maximum atomic E-state index is 13.7. The van der Waals surface area contributed by atoms with E-state index in [0.717, 1.165) is 30.4 Å². The molecular formula is C34H31NO7. The van der Waals surface area contributed by atoms with E-state index in [-0.39, 0.29) is 36.1 Å². The number of hydrogen-bond acceptors (Lipinski definition) is 7. The van der Waals surface area contributed by atoms with Crippen molar-refractivity contribution in [1.82, 2.24) is 0 Å². The van der Waals surface area contributed by atoms with Crippen LogP contribution in [0.4, 0.5) is 0 Å². The summed E-state index contributed by atoms with van der Waals surface area (Å²) in [5, 5.41) is 44.3. The van der Waals surface area contributed by atoms with Crippen LogP contribution in [0, 0.1) is 11.8 Å². The van der Waals surface area contributed by atoms with Gasteiger partial charge in [0.25, 0.3) is 5.91 Å². The fraction of sp³-hybridized carbons (Fsp3) is 0.265. The predicted octanol–water partition coefficient (Wildman–Crippen LogP) is 4.27. The number of rotatable bonds is 6. The first kappa shape index (κ1) is 27.5. The molecule has 0 spiro atoms. The summed E-state index contributed by atoms with van der Waals surface area (Å²) >= 11 is 0. The van der Waals surface area contributed by atoms with Gasteiger partial charge in [0.1, 0.15) is 22.8 Å². The molecule has 3 atom stereocenters. The zero-order valence-electron chi connectivity index (χ0n) is 22.8. The molecule has 0 radical (unpaired) electrons. The lowest BCUT2D eigenvalue weighted by molar-refractivity contribution is -0.147. The van der Waals surface area contributed by atoms with Gasteiger partial charge in [0.2, 0.25) is 5.78 Å². The van der Waals surface area contributed by atoms with Crippen molar-refractivity contribution in [2.75, 3.05) is 0 Å². The Morgan fingerprint density at radius 3 is 2.21 bits per heavy atom. The Bertz CT molecular complexity index is 1690. The van der Waals surface area contributed by atoms with Gasteiger partial charge in [-0.2, -0.15) is 0 Å². The van der Waals surface area contributed by atoms with Crippen LogP contribution in [-0.4, -0.2) is 43.5 Å². The molecule has 3 aromatic rings. The molecule has 42 heavy (non-hydrogen) atoms. The van der Waals surface area contributed by atoms with Crippen LogP contribution in [-0.2, 0) is 33.6 Å². The number of aryl methyl sites for hydroxylation is 2. The highest BCUT2D eigenvalue weighted by Crippen LogP contribution is 2.53. The number of aliphatic hydroxyl groups excluding tert-OH is 2. The Balaban J connectivity index is 1.33. The number of phenolic OH excluding ortho intramolecular Hbond substituents is 1. The van der Waals surface area contributed by atoms with Gasteiger partial charge < -0.3 is 26.2 Å². The molecular weight excluding hydrogens is 534 g/mol. The molecule has 1 amide bonds. The first-order chi connectivity index (χ1) is 20.1. The topological polar surface area (TPSA) is 158 Å². The maximum Gasteiger partial charge on any atom is 0.255 e. The van der Waals surface area contributed by atoms with Crippen LogP contribution < -0.4 is 5.73 Å². The van der Waals surface area contributed by atoms with Crippen molar-refractivity contribution < 1.29 is 34.8 Å². The molecule has 0 bridgehead atoms. The van der Waals surface area contributed by atoms with E-state index in [4.69, 9.17) is 5.73 Å². The molecule has 6 rings (SSSR count). The van der Waals surface area contributed by atoms with Crippen molar-refractivity contribution in [1.29, 1.82) is 0 Å². The number of carbonyl (C=O) groups excluding carboxylic acids is 3. The molecule has 1 fully saturated rings. The van der Waals surface area contributed by atoms with Gasteiger partial charge in [-0.1, -0.05) is 60.7 Å². The predicted molar refractivity (Wildman–Crippen MR) is 155 cm³/mol. The van der Waals surface area contributed by atoms with Gasteiger partial charge in [0.05, 0.1) is 5.56 Å². The van der Waals surface area contributed by atoms with E-state index in [1.54, 1.807) is 6.07 Å². The van der Waals surface area contributed by atoms with E-state index in [2.05, 4.69) is 24.3 Å². The van der Waals surface area contributed by atoms with E-state index >= 15 is 0 Å². The summed E-state index contributed by atoms with van der Waals surface area (Å²) in [4.78, 5) is 38.1. The zero-order chi connectivity index (χ0) is 29.8. The number of Topliss-reactive ketones (excluding diaryl/α,β-unsaturated/α-hetero) is 2. The molecule has 8 nitrogen and oxygen atoms in total. The van der Waals surface area contributed by atoms with Gasteiger partial charge in [-0.05, 0) is 71.9 Å². The number of amides is 1. The first-order valence-electron chi connectivity index (χ1n) is 14.1. The van der Waals surface area contributed by atoms with Crippen molar-refractivity contribution in [2.24, 2.45) is 17.6 Å². The quantitative estimate of drug-likeness (QED) is 0.279. The van der Waals surface area contributed by atoms with E-state index < -0.39 is 52.0 Å². The number of nitrogens with two attached hydrogens (primary N) is 1. The summed E-state index contributed by atoms with van der Waals surface area (Å²) in [5.74, 6) is -6.35. The standard InChI is InChI=1S/C34H31NO7/c35-33(41)29-26(37)17-22-15-21-16-24-23(20-11-9-19(10-12-20)8-4-7-18-5-2-1-3-6-18)13-14-25(36)28(24)30(38)27(21)31(39)34(22,42)32(29)40/h1-3,5-6,9-14,21-22,36,38,40,42H,4,7-8,15-17H2,(H2,35,41)/t21-,22+,34+/m1/s1. The summed E-state index contributed by atoms with van der Waals surface area (Å²) in [7, 11) is 0. The number of phenols is 1. The first-order valence-corrected chi connectivity index (χ1v) is 14.1. The molecule has 1 saturated carbocycles. The summed E-state index contributed by atoms with van der Waals surface area (Å²) in [5.41, 5.74) is 6.63. The molecule has 214 valence electrons. The monoisotopic (exact) mass is 565 g/mol. The van der Waals surface area contributed by atoms with Crippen molar-refractivity contribution in [3.8, 4) is 16.9 Å². The second-order valence-corrected chi connectivity index (χ2v) is 11.4. The van der Waals surface area contributed by atoms with E-state index in [9.17, 15) is 34.8 Å². The summed E-state index contributed by atoms with van der Waals surface area (Å²) < 4.78 is 0. The van der Waals surface area contributed by atoms with Crippen LogP contribution in [0.25, 0.3) is 16.9 Å².